The molecule has 2 rings (SSSR count). The number of nitrogens with two attached hydrogens (primary N) is 1. The Morgan fingerprint density at radius 2 is 2.30 bits per heavy atom. The van der Waals surface area contributed by atoms with Crippen molar-refractivity contribution >= 4 is 27.4 Å². The molecule has 4 heteroatoms. The largest absolute Gasteiger partial charge is 0.397 e. The van der Waals surface area contributed by atoms with E-state index in [1.165, 1.54) is 11.3 Å². The van der Waals surface area contributed by atoms with Gasteiger partial charge in [-0.3, -0.25) is 0 Å². The van der Waals surface area contributed by atoms with Crippen LogP contribution < -0.4 is 5.73 Å². The van der Waals surface area contributed by atoms with Crippen LogP contribution in [-0.2, 0) is 0 Å². The van der Waals surface area contributed by atoms with Crippen LogP contribution in [0.3, 0.4) is 0 Å². The van der Waals surface area contributed by atoms with E-state index in [2.05, 4.69) is 9.97 Å². The summed E-state index contributed by atoms with van der Waals surface area (Å²) in [7, 11) is 0. The van der Waals surface area contributed by atoms with Gasteiger partial charge in [-0.25, -0.2) is 9.97 Å². The summed E-state index contributed by atoms with van der Waals surface area (Å²) >= 11 is 1.52. The lowest BCUT2D eigenvalue weighted by Crippen LogP contribution is -1.84. The van der Waals surface area contributed by atoms with E-state index in [4.69, 9.17) is 5.73 Å². The van der Waals surface area contributed by atoms with Gasteiger partial charge in [0, 0.05) is 0 Å². The van der Waals surface area contributed by atoms with Crippen molar-refractivity contribution in [1.29, 1.82) is 0 Å². The lowest BCUT2D eigenvalue weighted by atomic mass is 10.4. The molecule has 0 saturated carbocycles. The number of rotatable bonds is 0. The van der Waals surface area contributed by atoms with E-state index in [0.29, 0.717) is 5.69 Å². The Balaban J connectivity index is 2.86. The van der Waals surface area contributed by atoms with Crippen LogP contribution in [0.5, 0.6) is 0 Å². The lowest BCUT2D eigenvalue weighted by molar-refractivity contribution is 1.41. The smallest absolute Gasteiger partial charge is 0.143 e. The summed E-state index contributed by atoms with van der Waals surface area (Å²) in [6.07, 6.45) is 1.64. The first-order valence-corrected chi connectivity index (χ1v) is 3.69. The topological polar surface area (TPSA) is 51.8 Å². The van der Waals surface area contributed by atoms with E-state index in [1.807, 2.05) is 6.07 Å². The van der Waals surface area contributed by atoms with E-state index in [0.717, 1.165) is 10.3 Å². The highest BCUT2D eigenvalue weighted by Gasteiger charge is 1.95. The van der Waals surface area contributed by atoms with E-state index < -0.39 is 0 Å². The van der Waals surface area contributed by atoms with Crippen LogP contribution in [0, 0.1) is 0 Å². The van der Waals surface area contributed by atoms with Gasteiger partial charge < -0.3 is 5.73 Å². The third-order valence-corrected chi connectivity index (χ3v) is 1.96. The lowest BCUT2D eigenvalue weighted by Gasteiger charge is -1.88. The molecule has 0 aromatic carbocycles. The number of nitrogens with zero attached hydrogens (tertiary/aromatic N) is 2. The Bertz CT molecular complexity index is 355. The summed E-state index contributed by atoms with van der Waals surface area (Å²) in [5.41, 5.74) is 8.79. The maximum absolute atomic E-state index is 5.49. The molecular weight excluding hydrogens is 146 g/mol. The number of pyridine rings is 1. The van der Waals surface area contributed by atoms with Gasteiger partial charge >= 0.3 is 0 Å². The van der Waals surface area contributed by atoms with Crippen molar-refractivity contribution in [2.45, 2.75) is 0 Å². The summed E-state index contributed by atoms with van der Waals surface area (Å²) in [6, 6.07) is 1.82. The Kier molecular flexibility index (Phi) is 1.07. The molecule has 2 aromatic rings. The Hall–Kier alpha value is -1.16. The molecule has 0 unspecified atom stereocenters. The summed E-state index contributed by atoms with van der Waals surface area (Å²) in [5.74, 6) is 0. The molecule has 0 fully saturated rings. The van der Waals surface area contributed by atoms with E-state index in [-0.39, 0.29) is 0 Å². The number of nitrogen functional groups attached to an aromatic ring is 1. The number of thiazole rings is 1. The Morgan fingerprint density at radius 3 is 3.20 bits per heavy atom. The molecule has 0 aliphatic rings. The molecule has 10 heavy (non-hydrogen) atoms. The molecule has 2 aromatic heterocycles. The minimum Gasteiger partial charge on any atom is -0.397 e. The maximum Gasteiger partial charge on any atom is 0.143 e. The summed E-state index contributed by atoms with van der Waals surface area (Å²) < 4.78 is 0. The first-order valence-electron chi connectivity index (χ1n) is 2.81. The second-order valence-corrected chi connectivity index (χ2v) is 2.78. The van der Waals surface area contributed by atoms with E-state index in [1.54, 1.807) is 11.7 Å². The summed E-state index contributed by atoms with van der Waals surface area (Å²) in [6.45, 7) is 0. The van der Waals surface area contributed by atoms with Crippen molar-refractivity contribution in [2.24, 2.45) is 0 Å². The van der Waals surface area contributed by atoms with Crippen molar-refractivity contribution in [3.8, 4) is 0 Å². The van der Waals surface area contributed by atoms with Crippen LogP contribution >= 0.6 is 11.3 Å². The number of hydrogen-bond donors (Lipinski definition) is 1. The third-order valence-electron chi connectivity index (χ3n) is 1.21. The minimum atomic E-state index is 0.665. The summed E-state index contributed by atoms with van der Waals surface area (Å²) in [4.78, 5) is 9.07. The minimum absolute atomic E-state index is 0.665. The van der Waals surface area contributed by atoms with Gasteiger partial charge in [-0.15, -0.1) is 11.3 Å². The SMILES string of the molecule is Nc1cnc2scnc2c1. The number of hydrogen-bond acceptors (Lipinski definition) is 4. The molecule has 0 spiro atoms. The molecule has 0 bridgehead atoms. The molecule has 2 N–H and O–H groups in total. The van der Waals surface area contributed by atoms with Crippen LogP contribution in [0.2, 0.25) is 0 Å². The molecule has 2 heterocycles. The predicted octanol–water partition coefficient (Wildman–Crippen LogP) is 1.27. The highest BCUT2D eigenvalue weighted by Crippen LogP contribution is 2.15. The van der Waals surface area contributed by atoms with Crippen molar-refractivity contribution < 1.29 is 0 Å². The van der Waals surface area contributed by atoms with Crippen molar-refractivity contribution in [3.63, 3.8) is 0 Å². The molecule has 0 aliphatic carbocycles. The standard InChI is InChI=1S/C6H5N3S/c7-4-1-5-6(8-2-4)10-3-9-5/h1-3H,7H2. The number of aromatic nitrogens is 2. The highest BCUT2D eigenvalue weighted by atomic mass is 32.1. The van der Waals surface area contributed by atoms with Gasteiger partial charge in [-0.2, -0.15) is 0 Å². The van der Waals surface area contributed by atoms with Crippen LogP contribution in [0.1, 0.15) is 0 Å². The van der Waals surface area contributed by atoms with Crippen LogP contribution in [-0.4, -0.2) is 9.97 Å². The van der Waals surface area contributed by atoms with Crippen molar-refractivity contribution in [3.05, 3.63) is 17.8 Å². The second kappa shape index (κ2) is 1.91. The summed E-state index contributed by atoms with van der Waals surface area (Å²) in [5, 5.41) is 0. The molecule has 3 nitrogen and oxygen atoms in total. The van der Waals surface area contributed by atoms with Gasteiger partial charge in [0.2, 0.25) is 0 Å². The first-order chi connectivity index (χ1) is 4.86. The highest BCUT2D eigenvalue weighted by molar-refractivity contribution is 7.16. The van der Waals surface area contributed by atoms with Gasteiger partial charge in [-0.1, -0.05) is 0 Å². The quantitative estimate of drug-likeness (QED) is 0.617. The molecular formula is C6H5N3S. The fourth-order valence-electron chi connectivity index (χ4n) is 0.773. The zero-order chi connectivity index (χ0) is 6.97. The third kappa shape index (κ3) is 0.733. The van der Waals surface area contributed by atoms with Gasteiger partial charge in [0.05, 0.1) is 17.4 Å². The monoisotopic (exact) mass is 151 g/mol. The van der Waals surface area contributed by atoms with Crippen LogP contribution in [0.4, 0.5) is 5.69 Å². The van der Waals surface area contributed by atoms with E-state index >= 15 is 0 Å². The Labute approximate surface area is 61.5 Å². The number of fused-ring (bicyclic) bond motifs is 1. The zero-order valence-corrected chi connectivity index (χ0v) is 5.93. The first kappa shape index (κ1) is 5.61. The fraction of sp³-hybridized carbons (Fsp3) is 0. The fourth-order valence-corrected chi connectivity index (χ4v) is 1.38. The van der Waals surface area contributed by atoms with Gasteiger partial charge in [-0.05, 0) is 6.07 Å². The zero-order valence-electron chi connectivity index (χ0n) is 5.11. The average molecular weight is 151 g/mol. The van der Waals surface area contributed by atoms with Crippen LogP contribution in [0.15, 0.2) is 17.8 Å². The maximum atomic E-state index is 5.49. The van der Waals surface area contributed by atoms with E-state index in [9.17, 15) is 0 Å². The molecule has 0 atom stereocenters. The van der Waals surface area contributed by atoms with Crippen molar-refractivity contribution in [2.75, 3.05) is 5.73 Å². The predicted molar refractivity (Wildman–Crippen MR) is 41.8 cm³/mol. The molecule has 0 amide bonds. The number of anilines is 1. The van der Waals surface area contributed by atoms with Crippen molar-refractivity contribution in [1.82, 2.24) is 9.97 Å². The average Bonchev–Trinajstić information content (AvgIpc) is 2.33. The molecule has 0 radical (unpaired) electrons. The van der Waals surface area contributed by atoms with Gasteiger partial charge in [0.1, 0.15) is 10.3 Å². The van der Waals surface area contributed by atoms with Gasteiger partial charge in [0.15, 0.2) is 0 Å². The normalized spacial score (nSPS) is 10.4. The molecule has 0 saturated heterocycles. The molecule has 50 valence electrons. The molecule has 0 aliphatic heterocycles. The second-order valence-electron chi connectivity index (χ2n) is 1.95. The Morgan fingerprint density at radius 1 is 1.40 bits per heavy atom. The van der Waals surface area contributed by atoms with Crippen LogP contribution in [0.25, 0.3) is 10.3 Å². The van der Waals surface area contributed by atoms with Gasteiger partial charge in [0.25, 0.3) is 0 Å².